The molecule has 2 aromatic carbocycles. The van der Waals surface area contributed by atoms with Crippen molar-refractivity contribution in [3.63, 3.8) is 0 Å². The van der Waals surface area contributed by atoms with E-state index in [4.69, 9.17) is 16.8 Å². The van der Waals surface area contributed by atoms with E-state index in [1.54, 1.807) is 31.2 Å². The van der Waals surface area contributed by atoms with Crippen LogP contribution in [0.2, 0.25) is 5.02 Å². The lowest BCUT2D eigenvalue weighted by atomic mass is 10.1. The SMILES string of the molecule is C/C(=N/O)c1ccccc1NC(=O)c1ccc(Cl)c(F)c1. The van der Waals surface area contributed by atoms with Gasteiger partial charge in [-0.3, -0.25) is 4.79 Å². The Morgan fingerprint density at radius 3 is 2.67 bits per heavy atom. The number of hydrogen-bond donors (Lipinski definition) is 2. The van der Waals surface area contributed by atoms with E-state index < -0.39 is 11.7 Å². The lowest BCUT2D eigenvalue weighted by Crippen LogP contribution is -2.14. The van der Waals surface area contributed by atoms with Crippen molar-refractivity contribution in [2.75, 3.05) is 5.32 Å². The number of benzene rings is 2. The van der Waals surface area contributed by atoms with E-state index in [1.165, 1.54) is 12.1 Å². The van der Waals surface area contributed by atoms with E-state index in [-0.39, 0.29) is 10.6 Å². The topological polar surface area (TPSA) is 61.7 Å². The second-order valence-electron chi connectivity index (χ2n) is 4.31. The van der Waals surface area contributed by atoms with Gasteiger partial charge in [0.15, 0.2) is 0 Å². The summed E-state index contributed by atoms with van der Waals surface area (Å²) in [5, 5.41) is 14.6. The van der Waals surface area contributed by atoms with Gasteiger partial charge in [-0.25, -0.2) is 4.39 Å². The summed E-state index contributed by atoms with van der Waals surface area (Å²) < 4.78 is 13.4. The summed E-state index contributed by atoms with van der Waals surface area (Å²) in [6, 6.07) is 10.6. The molecule has 0 radical (unpaired) electrons. The molecule has 1 amide bonds. The molecule has 0 bridgehead atoms. The van der Waals surface area contributed by atoms with E-state index >= 15 is 0 Å². The zero-order valence-corrected chi connectivity index (χ0v) is 11.9. The average molecular weight is 307 g/mol. The molecular weight excluding hydrogens is 295 g/mol. The molecule has 0 unspecified atom stereocenters. The van der Waals surface area contributed by atoms with E-state index in [1.807, 2.05) is 0 Å². The molecule has 0 heterocycles. The Morgan fingerprint density at radius 2 is 2.00 bits per heavy atom. The Morgan fingerprint density at radius 1 is 1.29 bits per heavy atom. The Hall–Kier alpha value is -2.40. The fourth-order valence-corrected chi connectivity index (χ4v) is 1.91. The normalized spacial score (nSPS) is 11.3. The second kappa shape index (κ2) is 6.37. The van der Waals surface area contributed by atoms with Crippen LogP contribution in [0.5, 0.6) is 0 Å². The molecule has 0 fully saturated rings. The number of para-hydroxylation sites is 1. The molecule has 0 atom stereocenters. The van der Waals surface area contributed by atoms with E-state index in [2.05, 4.69) is 10.5 Å². The van der Waals surface area contributed by atoms with Gasteiger partial charge in [0.25, 0.3) is 5.91 Å². The van der Waals surface area contributed by atoms with Gasteiger partial charge >= 0.3 is 0 Å². The largest absolute Gasteiger partial charge is 0.411 e. The minimum Gasteiger partial charge on any atom is -0.411 e. The molecule has 21 heavy (non-hydrogen) atoms. The number of hydrogen-bond acceptors (Lipinski definition) is 3. The van der Waals surface area contributed by atoms with Crippen molar-refractivity contribution >= 4 is 28.9 Å². The molecule has 6 heteroatoms. The third-order valence-corrected chi connectivity index (χ3v) is 3.20. The molecule has 0 aliphatic heterocycles. The first-order valence-electron chi connectivity index (χ1n) is 6.07. The van der Waals surface area contributed by atoms with Crippen LogP contribution in [0.25, 0.3) is 0 Å². The van der Waals surface area contributed by atoms with E-state index in [0.29, 0.717) is 17.0 Å². The number of rotatable bonds is 3. The van der Waals surface area contributed by atoms with Gasteiger partial charge in [0.05, 0.1) is 16.4 Å². The molecular formula is C15H12ClFN2O2. The first-order chi connectivity index (χ1) is 10.0. The van der Waals surface area contributed by atoms with E-state index in [0.717, 1.165) is 6.07 Å². The van der Waals surface area contributed by atoms with E-state index in [9.17, 15) is 9.18 Å². The minimum absolute atomic E-state index is 0.0461. The molecule has 2 rings (SSSR count). The lowest BCUT2D eigenvalue weighted by Gasteiger charge is -2.10. The summed E-state index contributed by atoms with van der Waals surface area (Å²) in [7, 11) is 0. The number of amides is 1. The fraction of sp³-hybridized carbons (Fsp3) is 0.0667. The summed E-state index contributed by atoms with van der Waals surface area (Å²) in [5.41, 5.74) is 1.54. The van der Waals surface area contributed by atoms with Crippen molar-refractivity contribution in [1.29, 1.82) is 0 Å². The highest BCUT2D eigenvalue weighted by Crippen LogP contribution is 2.19. The maximum Gasteiger partial charge on any atom is 0.255 e. The highest BCUT2D eigenvalue weighted by molar-refractivity contribution is 6.30. The van der Waals surface area contributed by atoms with Crippen LogP contribution in [0.1, 0.15) is 22.8 Å². The van der Waals surface area contributed by atoms with Crippen LogP contribution in [-0.2, 0) is 0 Å². The molecule has 0 aliphatic rings. The number of anilines is 1. The molecule has 0 saturated carbocycles. The Balaban J connectivity index is 2.30. The standard InChI is InChI=1S/C15H12ClFN2O2/c1-9(19-21)11-4-2-3-5-14(11)18-15(20)10-6-7-12(16)13(17)8-10/h2-8,21H,1H3,(H,18,20)/b19-9-. The Kier molecular flexibility index (Phi) is 4.55. The highest BCUT2D eigenvalue weighted by atomic mass is 35.5. The molecule has 108 valence electrons. The highest BCUT2D eigenvalue weighted by Gasteiger charge is 2.12. The average Bonchev–Trinajstić information content (AvgIpc) is 2.49. The maximum absolute atomic E-state index is 13.4. The first kappa shape index (κ1) is 15.0. The summed E-state index contributed by atoms with van der Waals surface area (Å²) in [4.78, 5) is 12.1. The minimum atomic E-state index is -0.661. The number of halogens is 2. The zero-order chi connectivity index (χ0) is 15.4. The molecule has 2 N–H and O–H groups in total. The maximum atomic E-state index is 13.4. The van der Waals surface area contributed by atoms with Crippen LogP contribution in [0, 0.1) is 5.82 Å². The van der Waals surface area contributed by atoms with Crippen molar-refractivity contribution in [2.24, 2.45) is 5.16 Å². The monoisotopic (exact) mass is 306 g/mol. The van der Waals surface area contributed by atoms with Gasteiger partial charge in [0.2, 0.25) is 0 Å². The Bertz CT molecular complexity index is 717. The third-order valence-electron chi connectivity index (χ3n) is 2.90. The van der Waals surface area contributed by atoms with Gasteiger partial charge in [-0.1, -0.05) is 35.0 Å². The summed E-state index contributed by atoms with van der Waals surface area (Å²) in [5.74, 6) is -1.14. The molecule has 2 aromatic rings. The second-order valence-corrected chi connectivity index (χ2v) is 4.72. The van der Waals surface area contributed by atoms with Crippen LogP contribution < -0.4 is 5.32 Å². The number of nitrogens with one attached hydrogen (secondary N) is 1. The summed E-state index contributed by atoms with van der Waals surface area (Å²) in [6.07, 6.45) is 0. The third kappa shape index (κ3) is 3.38. The van der Waals surface area contributed by atoms with Gasteiger partial charge in [0, 0.05) is 11.1 Å². The fourth-order valence-electron chi connectivity index (χ4n) is 1.79. The van der Waals surface area contributed by atoms with Crippen molar-refractivity contribution in [2.45, 2.75) is 6.92 Å². The molecule has 4 nitrogen and oxygen atoms in total. The van der Waals surface area contributed by atoms with Crippen molar-refractivity contribution in [1.82, 2.24) is 0 Å². The quantitative estimate of drug-likeness (QED) is 0.513. The van der Waals surface area contributed by atoms with Crippen LogP contribution >= 0.6 is 11.6 Å². The van der Waals surface area contributed by atoms with Gasteiger partial charge in [-0.2, -0.15) is 0 Å². The van der Waals surface area contributed by atoms with Gasteiger partial charge in [0.1, 0.15) is 5.82 Å². The molecule has 0 spiro atoms. The van der Waals surface area contributed by atoms with Gasteiger partial charge in [-0.05, 0) is 31.2 Å². The predicted octanol–water partition coefficient (Wildman–Crippen LogP) is 3.93. The molecule has 0 saturated heterocycles. The smallest absolute Gasteiger partial charge is 0.255 e. The first-order valence-corrected chi connectivity index (χ1v) is 6.45. The molecule has 0 aliphatic carbocycles. The molecule has 0 aromatic heterocycles. The number of carbonyl (C=O) groups is 1. The van der Waals surface area contributed by atoms with Crippen molar-refractivity contribution < 1.29 is 14.4 Å². The summed E-state index contributed by atoms with van der Waals surface area (Å²) >= 11 is 5.58. The number of nitrogens with zero attached hydrogens (tertiary/aromatic N) is 1. The van der Waals surface area contributed by atoms with Crippen LogP contribution in [0.15, 0.2) is 47.6 Å². The van der Waals surface area contributed by atoms with Gasteiger partial charge in [-0.15, -0.1) is 0 Å². The Labute approximate surface area is 125 Å². The number of oxime groups is 1. The van der Waals surface area contributed by atoms with Crippen molar-refractivity contribution in [3.05, 3.63) is 64.4 Å². The zero-order valence-electron chi connectivity index (χ0n) is 11.1. The van der Waals surface area contributed by atoms with Crippen LogP contribution in [-0.4, -0.2) is 16.8 Å². The van der Waals surface area contributed by atoms with Crippen LogP contribution in [0.4, 0.5) is 10.1 Å². The number of carbonyl (C=O) groups excluding carboxylic acids is 1. The summed E-state index contributed by atoms with van der Waals surface area (Å²) in [6.45, 7) is 1.60. The van der Waals surface area contributed by atoms with Crippen LogP contribution in [0.3, 0.4) is 0 Å². The van der Waals surface area contributed by atoms with Gasteiger partial charge < -0.3 is 10.5 Å². The predicted molar refractivity (Wildman–Crippen MR) is 79.8 cm³/mol. The lowest BCUT2D eigenvalue weighted by molar-refractivity contribution is 0.102. The van der Waals surface area contributed by atoms with Crippen molar-refractivity contribution in [3.8, 4) is 0 Å².